The zero-order valence-corrected chi connectivity index (χ0v) is 22.0. The molecule has 2 amide bonds. The Morgan fingerprint density at radius 2 is 1.84 bits per heavy atom. The molecule has 38 heavy (non-hydrogen) atoms. The van der Waals surface area contributed by atoms with Crippen LogP contribution in [0.4, 0.5) is 4.79 Å². The van der Waals surface area contributed by atoms with Crippen LogP contribution >= 0.6 is 0 Å². The Kier molecular flexibility index (Phi) is 7.72. The predicted molar refractivity (Wildman–Crippen MR) is 131 cm³/mol. The number of alkyl carbamates (subject to hydrolysis) is 1. The second-order valence-corrected chi connectivity index (χ2v) is 10.6. The van der Waals surface area contributed by atoms with Crippen LogP contribution in [-0.4, -0.2) is 75.1 Å². The van der Waals surface area contributed by atoms with E-state index in [1.807, 2.05) is 30.3 Å². The van der Waals surface area contributed by atoms with E-state index < -0.39 is 59.9 Å². The van der Waals surface area contributed by atoms with Gasteiger partial charge in [0.1, 0.15) is 42.9 Å². The third-order valence-corrected chi connectivity index (χ3v) is 5.76. The van der Waals surface area contributed by atoms with Gasteiger partial charge in [-0.15, -0.1) is 5.10 Å². The van der Waals surface area contributed by atoms with Gasteiger partial charge in [0, 0.05) is 6.42 Å². The second kappa shape index (κ2) is 10.7. The number of esters is 1. The summed E-state index contributed by atoms with van der Waals surface area (Å²) in [5.41, 5.74) is 5.35. The summed E-state index contributed by atoms with van der Waals surface area (Å²) in [5.74, 6) is -2.55. The van der Waals surface area contributed by atoms with Crippen molar-refractivity contribution >= 4 is 18.0 Å². The van der Waals surface area contributed by atoms with E-state index in [0.717, 1.165) is 5.56 Å². The van der Waals surface area contributed by atoms with Crippen LogP contribution in [0.5, 0.6) is 0 Å². The summed E-state index contributed by atoms with van der Waals surface area (Å²) in [6.45, 7) is 8.51. The first-order valence-corrected chi connectivity index (χ1v) is 12.2. The third kappa shape index (κ3) is 6.65. The van der Waals surface area contributed by atoms with Gasteiger partial charge in [-0.05, 0) is 40.2 Å². The number of nitrogens with one attached hydrogen (secondary N) is 1. The number of fused-ring (bicyclic) bond motifs is 1. The Morgan fingerprint density at radius 1 is 1.16 bits per heavy atom. The molecule has 2 fully saturated rings. The molecule has 2 aliphatic heterocycles. The molecule has 1 aromatic heterocycles. The minimum absolute atomic E-state index is 0.171. The number of hydrogen-bond donors (Lipinski definition) is 2. The molecule has 0 spiro atoms. The number of primary amides is 1. The molecule has 1 aromatic carbocycles. The largest absolute Gasteiger partial charge is 0.461 e. The van der Waals surface area contributed by atoms with Gasteiger partial charge in [-0.3, -0.25) is 4.79 Å². The van der Waals surface area contributed by atoms with Crippen molar-refractivity contribution in [1.29, 1.82) is 0 Å². The molecule has 4 rings (SSSR count). The summed E-state index contributed by atoms with van der Waals surface area (Å²) < 4.78 is 30.3. The van der Waals surface area contributed by atoms with Crippen molar-refractivity contribution in [3.63, 3.8) is 0 Å². The molecule has 3 N–H and O–H groups in total. The SMILES string of the molecule is CC(C)(C)OC(=O)N[C@@H](Cc1ccccc1)C(=O)OCC1OC(n2cnc(C(N)=O)n2)C2OC(C)(C)OC12. The van der Waals surface area contributed by atoms with Crippen LogP contribution in [0.3, 0.4) is 0 Å². The summed E-state index contributed by atoms with van der Waals surface area (Å²) in [6.07, 6.45) is -1.97. The first-order chi connectivity index (χ1) is 17.8. The number of rotatable bonds is 8. The lowest BCUT2D eigenvalue weighted by Gasteiger charge is -2.25. The maximum atomic E-state index is 13.2. The number of amides is 2. The van der Waals surface area contributed by atoms with E-state index in [4.69, 9.17) is 29.4 Å². The van der Waals surface area contributed by atoms with E-state index in [1.54, 1.807) is 34.6 Å². The lowest BCUT2D eigenvalue weighted by Crippen LogP contribution is -2.46. The number of aromatic nitrogens is 3. The van der Waals surface area contributed by atoms with Crippen LogP contribution < -0.4 is 11.1 Å². The second-order valence-electron chi connectivity index (χ2n) is 10.6. The van der Waals surface area contributed by atoms with Crippen LogP contribution in [0, 0.1) is 0 Å². The molecule has 0 radical (unpaired) electrons. The maximum absolute atomic E-state index is 13.2. The standard InChI is InChI=1S/C25H33N5O8/c1-24(2,3)38-23(33)28-15(11-14-9-7-6-8-10-14)22(32)34-12-16-17-18(37-25(4,5)36-17)21(35-16)30-13-27-20(29-30)19(26)31/h6-10,13,15-18,21H,11-12H2,1-5H3,(H2,26,31)(H,28,33)/t15-,16?,17?,18?,21?/m0/s1. The van der Waals surface area contributed by atoms with Crippen LogP contribution in [0.1, 0.15) is 57.0 Å². The van der Waals surface area contributed by atoms with Crippen molar-refractivity contribution in [3.05, 3.63) is 48.0 Å². The molecular weight excluding hydrogens is 498 g/mol. The summed E-state index contributed by atoms with van der Waals surface area (Å²) in [4.78, 5) is 40.9. The first-order valence-electron chi connectivity index (χ1n) is 12.2. The molecule has 0 saturated carbocycles. The summed E-state index contributed by atoms with van der Waals surface area (Å²) in [6, 6.07) is 8.21. The number of nitrogens with zero attached hydrogens (tertiary/aromatic N) is 3. The Morgan fingerprint density at radius 3 is 2.47 bits per heavy atom. The van der Waals surface area contributed by atoms with Gasteiger partial charge in [0.25, 0.3) is 5.91 Å². The highest BCUT2D eigenvalue weighted by Gasteiger charge is 2.56. The summed E-state index contributed by atoms with van der Waals surface area (Å²) in [5, 5.41) is 6.67. The lowest BCUT2D eigenvalue weighted by molar-refractivity contribution is -0.204. The summed E-state index contributed by atoms with van der Waals surface area (Å²) >= 11 is 0. The predicted octanol–water partition coefficient (Wildman–Crippen LogP) is 1.47. The number of ether oxygens (including phenoxy) is 5. The lowest BCUT2D eigenvalue weighted by atomic mass is 10.1. The van der Waals surface area contributed by atoms with Gasteiger partial charge in [0.15, 0.2) is 12.0 Å². The molecule has 2 saturated heterocycles. The fourth-order valence-electron chi connectivity index (χ4n) is 4.27. The van der Waals surface area contributed by atoms with E-state index >= 15 is 0 Å². The quantitative estimate of drug-likeness (QED) is 0.476. The van der Waals surface area contributed by atoms with E-state index in [-0.39, 0.29) is 18.9 Å². The number of hydrogen-bond acceptors (Lipinski definition) is 10. The van der Waals surface area contributed by atoms with Crippen LogP contribution in [0.15, 0.2) is 36.7 Å². The maximum Gasteiger partial charge on any atom is 0.408 e. The first kappa shape index (κ1) is 27.5. The molecule has 3 heterocycles. The van der Waals surface area contributed by atoms with Gasteiger partial charge in [0.2, 0.25) is 5.82 Å². The third-order valence-electron chi connectivity index (χ3n) is 5.76. The number of nitrogens with two attached hydrogens (primary N) is 1. The molecule has 0 bridgehead atoms. The highest BCUT2D eigenvalue weighted by Crippen LogP contribution is 2.42. The molecule has 4 unspecified atom stereocenters. The Bertz CT molecular complexity index is 1160. The smallest absolute Gasteiger partial charge is 0.408 e. The van der Waals surface area contributed by atoms with Gasteiger partial charge in [0.05, 0.1) is 0 Å². The molecule has 13 heteroatoms. The average Bonchev–Trinajstić information content (AvgIpc) is 3.50. The highest BCUT2D eigenvalue weighted by atomic mass is 16.8. The average molecular weight is 532 g/mol. The molecule has 13 nitrogen and oxygen atoms in total. The van der Waals surface area contributed by atoms with E-state index in [0.29, 0.717) is 0 Å². The van der Waals surface area contributed by atoms with Crippen molar-refractivity contribution in [2.45, 2.75) is 83.0 Å². The number of benzene rings is 1. The fraction of sp³-hybridized carbons (Fsp3) is 0.560. The van der Waals surface area contributed by atoms with E-state index in [9.17, 15) is 14.4 Å². The highest BCUT2D eigenvalue weighted by molar-refractivity contribution is 5.88. The minimum atomic E-state index is -1.01. The van der Waals surface area contributed by atoms with Crippen LogP contribution in [0.25, 0.3) is 0 Å². The van der Waals surface area contributed by atoms with Crippen LogP contribution in [0.2, 0.25) is 0 Å². The van der Waals surface area contributed by atoms with Crippen molar-refractivity contribution < 1.29 is 38.1 Å². The number of carbonyl (C=O) groups excluding carboxylic acids is 3. The van der Waals surface area contributed by atoms with Crippen molar-refractivity contribution in [3.8, 4) is 0 Å². The zero-order valence-electron chi connectivity index (χ0n) is 22.0. The van der Waals surface area contributed by atoms with E-state index in [1.165, 1.54) is 11.0 Å². The minimum Gasteiger partial charge on any atom is -0.461 e. The molecular formula is C25H33N5O8. The van der Waals surface area contributed by atoms with E-state index in [2.05, 4.69) is 15.4 Å². The monoisotopic (exact) mass is 531 g/mol. The van der Waals surface area contributed by atoms with Crippen molar-refractivity contribution in [2.24, 2.45) is 5.73 Å². The van der Waals surface area contributed by atoms with Gasteiger partial charge in [-0.2, -0.15) is 0 Å². The fourth-order valence-corrected chi connectivity index (χ4v) is 4.27. The van der Waals surface area contributed by atoms with Gasteiger partial charge in [-0.25, -0.2) is 19.3 Å². The van der Waals surface area contributed by atoms with Crippen molar-refractivity contribution in [1.82, 2.24) is 20.1 Å². The molecule has 2 aliphatic rings. The summed E-state index contributed by atoms with van der Waals surface area (Å²) in [7, 11) is 0. The molecule has 206 valence electrons. The van der Waals surface area contributed by atoms with Gasteiger partial charge in [-0.1, -0.05) is 30.3 Å². The topological polar surface area (TPSA) is 166 Å². The molecule has 5 atom stereocenters. The zero-order chi connectivity index (χ0) is 27.7. The Labute approximate surface area is 219 Å². The van der Waals surface area contributed by atoms with Crippen molar-refractivity contribution in [2.75, 3.05) is 6.61 Å². The molecule has 2 aromatic rings. The van der Waals surface area contributed by atoms with Gasteiger partial charge < -0.3 is 34.7 Å². The van der Waals surface area contributed by atoms with Gasteiger partial charge >= 0.3 is 12.1 Å². The Hall–Kier alpha value is -3.55. The molecule has 0 aliphatic carbocycles. The number of carbonyl (C=O) groups is 3. The van der Waals surface area contributed by atoms with Crippen LogP contribution in [-0.2, 0) is 34.9 Å². The normalized spacial score (nSPS) is 24.9. The Balaban J connectivity index is 1.46.